The van der Waals surface area contributed by atoms with Crippen molar-refractivity contribution in [2.45, 2.75) is 6.18 Å². The highest BCUT2D eigenvalue weighted by molar-refractivity contribution is 7.17. The van der Waals surface area contributed by atoms with Gasteiger partial charge in [-0.2, -0.15) is 18.2 Å². The minimum absolute atomic E-state index is 0.0754. The van der Waals surface area contributed by atoms with Crippen molar-refractivity contribution >= 4 is 39.0 Å². The van der Waals surface area contributed by atoms with Crippen molar-refractivity contribution in [3.8, 4) is 0 Å². The number of aromatic nitrogens is 2. The van der Waals surface area contributed by atoms with Crippen LogP contribution in [-0.4, -0.2) is 35.9 Å². The van der Waals surface area contributed by atoms with Crippen LogP contribution in [0.4, 0.5) is 19.0 Å². The van der Waals surface area contributed by atoms with Gasteiger partial charge in [0.2, 0.25) is 5.28 Å². The number of hydrogen-bond acceptors (Lipinski definition) is 5. The smallest absolute Gasteiger partial charge is 0.370 e. The van der Waals surface area contributed by atoms with Gasteiger partial charge in [0.15, 0.2) is 0 Å². The summed E-state index contributed by atoms with van der Waals surface area (Å²) in [5.41, 5.74) is 0.698. The van der Waals surface area contributed by atoms with E-state index in [1.165, 1.54) is 11.3 Å². The van der Waals surface area contributed by atoms with E-state index in [1.807, 2.05) is 5.38 Å². The minimum Gasteiger partial charge on any atom is -0.370 e. The summed E-state index contributed by atoms with van der Waals surface area (Å²) in [7, 11) is 0. The van der Waals surface area contributed by atoms with E-state index in [0.717, 1.165) is 4.70 Å². The van der Waals surface area contributed by atoms with Crippen molar-refractivity contribution in [2.75, 3.05) is 25.1 Å². The van der Waals surface area contributed by atoms with Gasteiger partial charge >= 0.3 is 6.18 Å². The molecule has 0 fully saturated rings. The monoisotopic (exact) mass is 311 g/mol. The molecule has 0 spiro atoms. The lowest BCUT2D eigenvalue weighted by atomic mass is 10.4. The molecule has 0 atom stereocenters. The maximum Gasteiger partial charge on any atom is 0.411 e. The zero-order valence-corrected chi connectivity index (χ0v) is 11.1. The second kappa shape index (κ2) is 5.89. The number of halogens is 4. The van der Waals surface area contributed by atoms with Crippen LogP contribution in [0.2, 0.25) is 5.28 Å². The van der Waals surface area contributed by atoms with Gasteiger partial charge in [-0.3, -0.25) is 0 Å². The fourth-order valence-corrected chi connectivity index (χ4v) is 2.36. The maximum absolute atomic E-state index is 11.8. The number of fused-ring (bicyclic) bond motifs is 1. The molecule has 0 saturated carbocycles. The van der Waals surface area contributed by atoms with Gasteiger partial charge < -0.3 is 10.1 Å². The number of thiophene rings is 1. The minimum atomic E-state index is -4.31. The van der Waals surface area contributed by atoms with Crippen LogP contribution >= 0.6 is 22.9 Å². The average Bonchev–Trinajstić information content (AvgIpc) is 2.74. The normalized spacial score (nSPS) is 12.0. The van der Waals surface area contributed by atoms with Crippen LogP contribution in [-0.2, 0) is 4.74 Å². The number of nitrogens with zero attached hydrogens (tertiary/aromatic N) is 2. The van der Waals surface area contributed by atoms with Gasteiger partial charge in [-0.15, -0.1) is 11.3 Å². The summed E-state index contributed by atoms with van der Waals surface area (Å²) in [6.07, 6.45) is -4.31. The highest BCUT2D eigenvalue weighted by atomic mass is 35.5. The summed E-state index contributed by atoms with van der Waals surface area (Å²) in [6, 6.07) is 1.79. The lowest BCUT2D eigenvalue weighted by Gasteiger charge is -2.09. The van der Waals surface area contributed by atoms with Crippen molar-refractivity contribution < 1.29 is 17.9 Å². The molecule has 0 aliphatic heterocycles. The number of rotatable bonds is 5. The van der Waals surface area contributed by atoms with E-state index in [4.69, 9.17) is 11.6 Å². The molecule has 2 aromatic heterocycles. The predicted octanol–water partition coefficient (Wildman–Crippen LogP) is 3.34. The summed E-state index contributed by atoms with van der Waals surface area (Å²) in [5, 5.41) is 4.81. The molecule has 2 aromatic rings. The molecule has 1 N–H and O–H groups in total. The first-order chi connectivity index (χ1) is 8.96. The van der Waals surface area contributed by atoms with Gasteiger partial charge in [0.1, 0.15) is 12.4 Å². The molecular weight excluding hydrogens is 303 g/mol. The van der Waals surface area contributed by atoms with E-state index in [2.05, 4.69) is 20.0 Å². The van der Waals surface area contributed by atoms with Gasteiger partial charge in [-0.05, 0) is 23.0 Å². The quantitative estimate of drug-likeness (QED) is 0.679. The third-order valence-corrected chi connectivity index (χ3v) is 3.16. The summed E-state index contributed by atoms with van der Waals surface area (Å²) in [5.74, 6) is 0.501. The number of alkyl halides is 3. The van der Waals surface area contributed by atoms with Crippen molar-refractivity contribution in [1.82, 2.24) is 9.97 Å². The first-order valence-electron chi connectivity index (χ1n) is 5.25. The first-order valence-corrected chi connectivity index (χ1v) is 6.50. The second-order valence-electron chi connectivity index (χ2n) is 3.57. The molecule has 19 heavy (non-hydrogen) atoms. The Balaban J connectivity index is 1.89. The standard InChI is InChI=1S/C10H9ClF3N3OS/c11-9-16-6-1-4-19-7(6)8(17-9)15-2-3-18-5-10(12,13)14/h1,4H,2-3,5H2,(H,15,16,17). The van der Waals surface area contributed by atoms with Crippen molar-refractivity contribution in [3.63, 3.8) is 0 Å². The van der Waals surface area contributed by atoms with Crippen LogP contribution in [0, 0.1) is 0 Å². The molecule has 9 heteroatoms. The van der Waals surface area contributed by atoms with Gasteiger partial charge in [-0.1, -0.05) is 0 Å². The largest absolute Gasteiger partial charge is 0.411 e. The summed E-state index contributed by atoms with van der Waals surface area (Å²) in [6.45, 7) is -1.13. The molecule has 0 saturated heterocycles. The zero-order chi connectivity index (χ0) is 13.9. The van der Waals surface area contributed by atoms with Crippen molar-refractivity contribution in [1.29, 1.82) is 0 Å². The van der Waals surface area contributed by atoms with E-state index < -0.39 is 12.8 Å². The molecule has 4 nitrogen and oxygen atoms in total. The molecule has 2 heterocycles. The molecule has 0 radical (unpaired) electrons. The Hall–Kier alpha value is -1.12. The number of hydrogen-bond donors (Lipinski definition) is 1. The Kier molecular flexibility index (Phi) is 4.43. The van der Waals surface area contributed by atoms with Crippen LogP contribution in [0.15, 0.2) is 11.4 Å². The van der Waals surface area contributed by atoms with Crippen LogP contribution < -0.4 is 5.32 Å². The maximum atomic E-state index is 11.8. The fourth-order valence-electron chi connectivity index (χ4n) is 1.38. The number of ether oxygens (including phenoxy) is 1. The topological polar surface area (TPSA) is 47.0 Å². The lowest BCUT2D eigenvalue weighted by molar-refractivity contribution is -0.172. The van der Waals surface area contributed by atoms with Gasteiger partial charge in [0.25, 0.3) is 0 Å². The Morgan fingerprint density at radius 1 is 1.37 bits per heavy atom. The van der Waals surface area contributed by atoms with Gasteiger partial charge in [-0.25, -0.2) is 4.98 Å². The summed E-state index contributed by atoms with van der Waals surface area (Å²) >= 11 is 7.17. The van der Waals surface area contributed by atoms with E-state index in [1.54, 1.807) is 6.07 Å². The molecule has 0 bridgehead atoms. The SMILES string of the molecule is FC(F)(F)COCCNc1nc(Cl)nc2ccsc12. The van der Waals surface area contributed by atoms with Crippen molar-refractivity contribution in [2.24, 2.45) is 0 Å². The third kappa shape index (κ3) is 4.19. The van der Waals surface area contributed by atoms with E-state index in [9.17, 15) is 13.2 Å². The van der Waals surface area contributed by atoms with Gasteiger partial charge in [0.05, 0.1) is 16.8 Å². The van der Waals surface area contributed by atoms with Crippen LogP contribution in [0.1, 0.15) is 0 Å². The predicted molar refractivity (Wildman–Crippen MR) is 67.8 cm³/mol. The van der Waals surface area contributed by atoms with Crippen molar-refractivity contribution in [3.05, 3.63) is 16.7 Å². The molecule has 2 rings (SSSR count). The summed E-state index contributed by atoms with van der Waals surface area (Å²) in [4.78, 5) is 8.01. The summed E-state index contributed by atoms with van der Waals surface area (Å²) < 4.78 is 40.8. The molecule has 104 valence electrons. The van der Waals surface area contributed by atoms with E-state index in [0.29, 0.717) is 11.3 Å². The molecule has 0 aliphatic carbocycles. The third-order valence-electron chi connectivity index (χ3n) is 2.08. The molecule has 0 unspecified atom stereocenters. The van der Waals surface area contributed by atoms with E-state index in [-0.39, 0.29) is 18.4 Å². The van der Waals surface area contributed by atoms with Crippen LogP contribution in [0.3, 0.4) is 0 Å². The Labute approximate surface area is 115 Å². The zero-order valence-electron chi connectivity index (χ0n) is 9.50. The number of nitrogens with one attached hydrogen (secondary N) is 1. The van der Waals surface area contributed by atoms with Gasteiger partial charge in [0, 0.05) is 6.54 Å². The molecular formula is C10H9ClF3N3OS. The first kappa shape index (κ1) is 14.3. The Bertz CT molecular complexity index is 560. The molecule has 0 aliphatic rings. The number of anilines is 1. The second-order valence-corrected chi connectivity index (χ2v) is 4.82. The Morgan fingerprint density at radius 2 is 2.16 bits per heavy atom. The highest BCUT2D eigenvalue weighted by Gasteiger charge is 2.27. The highest BCUT2D eigenvalue weighted by Crippen LogP contribution is 2.26. The van der Waals surface area contributed by atoms with Crippen LogP contribution in [0.25, 0.3) is 10.2 Å². The molecule has 0 aromatic carbocycles. The lowest BCUT2D eigenvalue weighted by Crippen LogP contribution is -2.20. The Morgan fingerprint density at radius 3 is 2.89 bits per heavy atom. The van der Waals surface area contributed by atoms with E-state index >= 15 is 0 Å². The molecule has 0 amide bonds. The fraction of sp³-hybridized carbons (Fsp3) is 0.400. The average molecular weight is 312 g/mol. The van der Waals surface area contributed by atoms with Crippen LogP contribution in [0.5, 0.6) is 0 Å².